The van der Waals surface area contributed by atoms with Gasteiger partial charge in [-0.3, -0.25) is 9.59 Å². The van der Waals surface area contributed by atoms with Crippen LogP contribution in [0.1, 0.15) is 26.3 Å². The van der Waals surface area contributed by atoms with Crippen LogP contribution in [-0.4, -0.2) is 55.1 Å². The summed E-state index contributed by atoms with van der Waals surface area (Å²) in [6.45, 7) is 4.97. The lowest BCUT2D eigenvalue weighted by Crippen LogP contribution is -2.51. The van der Waals surface area contributed by atoms with Crippen LogP contribution in [0.15, 0.2) is 71.6 Å². The van der Waals surface area contributed by atoms with Gasteiger partial charge in [-0.15, -0.1) is 0 Å². The molecule has 0 aliphatic heterocycles. The molecule has 0 aliphatic rings. The molecule has 0 aliphatic carbocycles. The van der Waals surface area contributed by atoms with E-state index in [-0.39, 0.29) is 23.4 Å². The molecule has 0 fully saturated rings. The van der Waals surface area contributed by atoms with Crippen LogP contribution in [0.3, 0.4) is 0 Å². The molecule has 2 amide bonds. The van der Waals surface area contributed by atoms with Gasteiger partial charge in [-0.1, -0.05) is 54.1 Å². The third kappa shape index (κ3) is 6.60. The van der Waals surface area contributed by atoms with Crippen LogP contribution in [0.25, 0.3) is 10.8 Å². The highest BCUT2D eigenvalue weighted by molar-refractivity contribution is 7.89. The van der Waals surface area contributed by atoms with Crippen molar-refractivity contribution in [2.45, 2.75) is 44.3 Å². The van der Waals surface area contributed by atoms with E-state index in [9.17, 15) is 18.0 Å². The molecule has 3 aromatic rings. The topological polar surface area (TPSA) is 86.8 Å². The number of fused-ring (bicyclic) bond motifs is 1. The van der Waals surface area contributed by atoms with Crippen LogP contribution in [0.4, 0.5) is 0 Å². The van der Waals surface area contributed by atoms with Gasteiger partial charge in [-0.05, 0) is 61.4 Å². The highest BCUT2D eigenvalue weighted by atomic mass is 35.5. The van der Waals surface area contributed by atoms with Crippen LogP contribution in [0, 0.1) is 0 Å². The summed E-state index contributed by atoms with van der Waals surface area (Å²) in [6, 6.07) is 18.4. The molecule has 0 saturated carbocycles. The summed E-state index contributed by atoms with van der Waals surface area (Å²) in [5.74, 6) is -0.821. The first-order valence-electron chi connectivity index (χ1n) is 11.3. The highest BCUT2D eigenvalue weighted by Crippen LogP contribution is 2.22. The van der Waals surface area contributed by atoms with E-state index < -0.39 is 28.5 Å². The minimum atomic E-state index is -3.94. The van der Waals surface area contributed by atoms with Crippen molar-refractivity contribution in [3.05, 3.63) is 77.3 Å². The number of nitrogens with zero attached hydrogens (tertiary/aromatic N) is 2. The summed E-state index contributed by atoms with van der Waals surface area (Å²) in [5.41, 5.74) is 0.732. The lowest BCUT2D eigenvalue weighted by Gasteiger charge is -2.30. The number of sulfonamides is 1. The van der Waals surface area contributed by atoms with Gasteiger partial charge in [0.1, 0.15) is 6.04 Å². The maximum Gasteiger partial charge on any atom is 0.243 e. The Morgan fingerprint density at radius 2 is 1.63 bits per heavy atom. The predicted molar refractivity (Wildman–Crippen MR) is 139 cm³/mol. The zero-order valence-electron chi connectivity index (χ0n) is 20.2. The summed E-state index contributed by atoms with van der Waals surface area (Å²) in [4.78, 5) is 27.6. The van der Waals surface area contributed by atoms with Crippen molar-refractivity contribution in [3.63, 3.8) is 0 Å². The number of halogens is 1. The smallest absolute Gasteiger partial charge is 0.243 e. The predicted octanol–water partition coefficient (Wildman–Crippen LogP) is 4.06. The number of amides is 2. The molecule has 0 aromatic heterocycles. The summed E-state index contributed by atoms with van der Waals surface area (Å²) >= 11 is 6.10. The molecule has 0 unspecified atom stereocenters. The fourth-order valence-corrected chi connectivity index (χ4v) is 5.06. The largest absolute Gasteiger partial charge is 0.352 e. The molecular weight excluding hydrogens is 486 g/mol. The fourth-order valence-electron chi connectivity index (χ4n) is 3.69. The molecular formula is C26H30ClN3O4S. The van der Waals surface area contributed by atoms with Crippen molar-refractivity contribution in [2.24, 2.45) is 0 Å². The van der Waals surface area contributed by atoms with Crippen molar-refractivity contribution in [2.75, 3.05) is 13.6 Å². The summed E-state index contributed by atoms with van der Waals surface area (Å²) < 4.78 is 27.5. The Labute approximate surface area is 211 Å². The number of benzene rings is 3. The van der Waals surface area contributed by atoms with Gasteiger partial charge < -0.3 is 10.2 Å². The third-order valence-corrected chi connectivity index (χ3v) is 7.66. The van der Waals surface area contributed by atoms with Gasteiger partial charge in [0.25, 0.3) is 0 Å². The number of rotatable bonds is 9. The van der Waals surface area contributed by atoms with Crippen molar-refractivity contribution < 1.29 is 18.0 Å². The molecule has 0 bridgehead atoms. The molecule has 0 saturated heterocycles. The van der Waals surface area contributed by atoms with E-state index in [1.165, 1.54) is 18.0 Å². The zero-order chi connectivity index (χ0) is 25.8. The Morgan fingerprint density at radius 1 is 0.943 bits per heavy atom. The zero-order valence-corrected chi connectivity index (χ0v) is 21.8. The molecule has 186 valence electrons. The van der Waals surface area contributed by atoms with Crippen LogP contribution >= 0.6 is 11.6 Å². The van der Waals surface area contributed by atoms with Gasteiger partial charge in [0.15, 0.2) is 0 Å². The van der Waals surface area contributed by atoms with Gasteiger partial charge in [0, 0.05) is 24.7 Å². The third-order valence-electron chi connectivity index (χ3n) is 5.63. The maximum atomic E-state index is 13.4. The second kappa shape index (κ2) is 11.2. The van der Waals surface area contributed by atoms with E-state index in [2.05, 4.69) is 5.32 Å². The first kappa shape index (κ1) is 26.7. The molecule has 1 atom stereocenters. The van der Waals surface area contributed by atoms with Crippen LogP contribution in [-0.2, 0) is 26.2 Å². The van der Waals surface area contributed by atoms with Crippen LogP contribution < -0.4 is 5.32 Å². The maximum absolute atomic E-state index is 13.4. The second-order valence-electron chi connectivity index (χ2n) is 8.76. The Morgan fingerprint density at radius 3 is 2.29 bits per heavy atom. The van der Waals surface area contributed by atoms with Gasteiger partial charge in [-0.2, -0.15) is 4.31 Å². The fraction of sp³-hybridized carbons (Fsp3) is 0.308. The molecule has 1 N–H and O–H groups in total. The Hall–Kier alpha value is -2.94. The van der Waals surface area contributed by atoms with Gasteiger partial charge in [0.05, 0.1) is 11.4 Å². The van der Waals surface area contributed by atoms with E-state index in [0.29, 0.717) is 5.02 Å². The Kier molecular flexibility index (Phi) is 8.53. The van der Waals surface area contributed by atoms with E-state index in [0.717, 1.165) is 20.6 Å². The average Bonchev–Trinajstić information content (AvgIpc) is 2.81. The highest BCUT2D eigenvalue weighted by Gasteiger charge is 2.30. The second-order valence-corrected chi connectivity index (χ2v) is 11.2. The number of hydrogen-bond acceptors (Lipinski definition) is 4. The van der Waals surface area contributed by atoms with Crippen molar-refractivity contribution in [1.82, 2.24) is 14.5 Å². The lowest BCUT2D eigenvalue weighted by atomic mass is 10.1. The molecule has 3 rings (SSSR count). The SMILES string of the molecule is CC(C)NC(=O)[C@@H](C)N(Cc1cccc(Cl)c1)C(=O)CN(C)S(=O)(=O)c1ccc2ccccc2c1. The molecule has 0 spiro atoms. The normalized spacial score (nSPS) is 12.7. The molecule has 3 aromatic carbocycles. The average molecular weight is 516 g/mol. The van der Waals surface area contributed by atoms with Gasteiger partial charge >= 0.3 is 0 Å². The minimum Gasteiger partial charge on any atom is -0.352 e. The number of hydrogen-bond donors (Lipinski definition) is 1. The van der Waals surface area contributed by atoms with E-state index in [1.54, 1.807) is 43.3 Å². The van der Waals surface area contributed by atoms with Crippen LogP contribution in [0.5, 0.6) is 0 Å². The van der Waals surface area contributed by atoms with E-state index >= 15 is 0 Å². The number of likely N-dealkylation sites (N-methyl/N-ethyl adjacent to an activating group) is 1. The molecule has 7 nitrogen and oxygen atoms in total. The standard InChI is InChI=1S/C26H30ClN3O4S/c1-18(2)28-26(32)19(3)30(16-20-8-7-11-23(27)14-20)25(31)17-29(4)35(33,34)24-13-12-21-9-5-6-10-22(21)15-24/h5-15,18-19H,16-17H2,1-4H3,(H,28,32)/t19-/m1/s1. The van der Waals surface area contributed by atoms with E-state index in [1.807, 2.05) is 38.1 Å². The summed E-state index contributed by atoms with van der Waals surface area (Å²) in [7, 11) is -2.58. The molecule has 35 heavy (non-hydrogen) atoms. The van der Waals surface area contributed by atoms with Crippen LogP contribution in [0.2, 0.25) is 5.02 Å². The van der Waals surface area contributed by atoms with Crippen molar-refractivity contribution in [1.29, 1.82) is 0 Å². The molecule has 0 radical (unpaired) electrons. The van der Waals surface area contributed by atoms with E-state index in [4.69, 9.17) is 11.6 Å². The first-order valence-corrected chi connectivity index (χ1v) is 13.1. The summed E-state index contributed by atoms with van der Waals surface area (Å²) in [6.07, 6.45) is 0. The Balaban J connectivity index is 1.85. The number of carbonyl (C=O) groups excluding carboxylic acids is 2. The number of nitrogens with one attached hydrogen (secondary N) is 1. The quantitative estimate of drug-likeness (QED) is 0.465. The summed E-state index contributed by atoms with van der Waals surface area (Å²) in [5, 5.41) is 5.02. The Bertz CT molecular complexity index is 1330. The van der Waals surface area contributed by atoms with Crippen molar-refractivity contribution in [3.8, 4) is 0 Å². The number of carbonyl (C=O) groups is 2. The minimum absolute atomic E-state index is 0.0958. The van der Waals surface area contributed by atoms with Crippen molar-refractivity contribution >= 4 is 44.2 Å². The molecule has 9 heteroatoms. The molecule has 0 heterocycles. The van der Waals surface area contributed by atoms with Gasteiger partial charge in [0.2, 0.25) is 21.8 Å². The van der Waals surface area contributed by atoms with Gasteiger partial charge in [-0.25, -0.2) is 8.42 Å². The first-order chi connectivity index (χ1) is 16.5. The lowest BCUT2D eigenvalue weighted by molar-refractivity contribution is -0.140. The monoisotopic (exact) mass is 515 g/mol.